The number of fused-ring (bicyclic) bond motifs is 5. The summed E-state index contributed by atoms with van der Waals surface area (Å²) in [5, 5.41) is 27.4. The van der Waals surface area contributed by atoms with E-state index in [-0.39, 0.29) is 80.5 Å². The van der Waals surface area contributed by atoms with Crippen molar-refractivity contribution in [1.29, 1.82) is 0 Å². The molecule has 1 aliphatic carbocycles. The first-order chi connectivity index (χ1) is 38.3. The summed E-state index contributed by atoms with van der Waals surface area (Å²) >= 11 is 0. The molecule has 9 amide bonds. The van der Waals surface area contributed by atoms with Crippen LogP contribution >= 0.6 is 0 Å². The maximum atomic E-state index is 15.4. The maximum Gasteiger partial charge on any atom is 0.410 e. The molecule has 24 nitrogen and oxygen atoms in total. The average molecular weight is 1110 g/mol. The quantitative estimate of drug-likeness (QED) is 0.0264. The number of imide groups is 1. The van der Waals surface area contributed by atoms with Gasteiger partial charge in [-0.2, -0.15) is 0 Å². The van der Waals surface area contributed by atoms with Gasteiger partial charge in [0.1, 0.15) is 18.5 Å². The number of likely N-dealkylation sites (N-methyl/N-ethyl adjacent to an activating group) is 1. The monoisotopic (exact) mass is 1100 g/mol. The van der Waals surface area contributed by atoms with Crippen molar-refractivity contribution in [1.82, 2.24) is 51.3 Å². The Kier molecular flexibility index (Phi) is 17.8. The van der Waals surface area contributed by atoms with Crippen LogP contribution in [-0.2, 0) is 84.2 Å². The standard InChI is InChI=1S/C55H61FN10O14/c1-4-55(78)35-22-40-50-33(27-66(40)52(75)34(35)28-79-53(55)76)49-37(15-14-32-30(2)36(56)23-38(63-50)48(32)49)61-45(71)29-80-54(77)64(3)20-18-57-42(68)25-60-51(74)39(21-31-11-7-5-8-12-31)62-44(70)26-59-43(69)24-58-41(67)13-9-6-10-19-65-46(72)16-17-47(65)73/h5,7-8,11-12,16-17,22-23,37,39,78H,4,6,9-10,13-15,18-21,24-29H2,1-3H3,(H,57,68)(H,58,67)(H,59,69)(H,60,74)(H,61,71)(H,62,70)/t37-,39-,55-/m0/s1. The summed E-state index contributed by atoms with van der Waals surface area (Å²) < 4.78 is 27.4. The fourth-order valence-electron chi connectivity index (χ4n) is 10.2. The molecule has 25 heteroatoms. The number of unbranched alkanes of at least 4 members (excludes halogenated alkanes) is 2. The zero-order valence-electron chi connectivity index (χ0n) is 44.3. The molecule has 0 radical (unpaired) electrons. The minimum atomic E-state index is -2.07. The molecular weight excluding hydrogens is 1040 g/mol. The van der Waals surface area contributed by atoms with E-state index >= 15 is 4.39 Å². The van der Waals surface area contributed by atoms with Crippen LogP contribution in [0.3, 0.4) is 0 Å². The fraction of sp³-hybridized carbons (Fsp3) is 0.418. The number of halogens is 1. The van der Waals surface area contributed by atoms with Gasteiger partial charge in [-0.25, -0.2) is 19.0 Å². The Morgan fingerprint density at radius 3 is 2.31 bits per heavy atom. The number of carbonyl (C=O) groups is 10. The van der Waals surface area contributed by atoms with Crippen LogP contribution < -0.4 is 37.5 Å². The topological polar surface area (TPSA) is 323 Å². The van der Waals surface area contributed by atoms with Crippen LogP contribution in [0, 0.1) is 12.7 Å². The predicted molar refractivity (Wildman–Crippen MR) is 281 cm³/mol. The van der Waals surface area contributed by atoms with Gasteiger partial charge >= 0.3 is 12.1 Å². The first-order valence-electron chi connectivity index (χ1n) is 26.2. The number of aryl methyl sites for hydroxylation is 1. The Bertz CT molecular complexity index is 3270. The summed E-state index contributed by atoms with van der Waals surface area (Å²) in [5.74, 6) is -5.89. The zero-order valence-corrected chi connectivity index (χ0v) is 44.3. The minimum absolute atomic E-state index is 0.0285. The maximum absolute atomic E-state index is 15.4. The molecule has 8 rings (SSSR count). The van der Waals surface area contributed by atoms with Gasteiger partial charge in [-0.1, -0.05) is 43.7 Å². The highest BCUT2D eigenvalue weighted by molar-refractivity contribution is 6.12. The summed E-state index contributed by atoms with van der Waals surface area (Å²) in [5.41, 5.74) is 1.63. The van der Waals surface area contributed by atoms with Gasteiger partial charge in [0.15, 0.2) is 12.2 Å². The first-order valence-corrected chi connectivity index (χ1v) is 26.2. The summed E-state index contributed by atoms with van der Waals surface area (Å²) in [7, 11) is 1.39. The smallest absolute Gasteiger partial charge is 0.410 e. The molecule has 80 heavy (non-hydrogen) atoms. The number of amides is 9. The molecule has 2 aromatic heterocycles. The first kappa shape index (κ1) is 57.3. The highest BCUT2D eigenvalue weighted by Crippen LogP contribution is 2.46. The van der Waals surface area contributed by atoms with E-state index in [9.17, 15) is 57.8 Å². The van der Waals surface area contributed by atoms with Gasteiger partial charge in [0.25, 0.3) is 23.3 Å². The van der Waals surface area contributed by atoms with Crippen LogP contribution in [0.25, 0.3) is 22.3 Å². The number of hydrogen-bond acceptors (Lipinski definition) is 15. The third kappa shape index (κ3) is 12.7. The van der Waals surface area contributed by atoms with Gasteiger partial charge < -0.3 is 55.9 Å². The van der Waals surface area contributed by atoms with Crippen molar-refractivity contribution in [3.63, 3.8) is 0 Å². The molecule has 0 unspecified atom stereocenters. The zero-order chi connectivity index (χ0) is 57.4. The van der Waals surface area contributed by atoms with Gasteiger partial charge in [0.05, 0.1) is 54.7 Å². The van der Waals surface area contributed by atoms with Crippen LogP contribution in [0.2, 0.25) is 0 Å². The van der Waals surface area contributed by atoms with E-state index in [0.29, 0.717) is 76.7 Å². The van der Waals surface area contributed by atoms with Crippen LogP contribution in [-0.4, -0.2) is 143 Å². The summed E-state index contributed by atoms with van der Waals surface area (Å²) in [6.45, 7) is 0.914. The van der Waals surface area contributed by atoms with E-state index in [1.54, 1.807) is 50.2 Å². The number of hydrogen-bond donors (Lipinski definition) is 7. The number of rotatable bonds is 23. The number of cyclic esters (lactones) is 1. The Labute approximate surface area is 457 Å². The second-order valence-electron chi connectivity index (χ2n) is 19.8. The molecular formula is C55H61FN10O14. The molecule has 0 saturated heterocycles. The number of pyridine rings is 2. The largest absolute Gasteiger partial charge is 0.458 e. The molecule has 4 aromatic rings. The SMILES string of the molecule is CC[C@@]1(O)C(=O)OCc2c1cc1n(c2=O)Cc2c-1nc1cc(F)c(C)c3c1c2[C@@H](NC(=O)COC(=O)N(C)CCNC(=O)CNC(=O)[C@H](Cc1ccccc1)NC(=O)CNC(=O)CNC(=O)CCCCCN1C(=O)C=CC1=O)CC3. The van der Waals surface area contributed by atoms with Gasteiger partial charge in [0, 0.05) is 74.3 Å². The second-order valence-corrected chi connectivity index (χ2v) is 19.8. The summed E-state index contributed by atoms with van der Waals surface area (Å²) in [6, 6.07) is 9.73. The highest BCUT2D eigenvalue weighted by Gasteiger charge is 2.46. The molecule has 422 valence electrons. The van der Waals surface area contributed by atoms with E-state index in [0.717, 1.165) is 9.80 Å². The fourth-order valence-corrected chi connectivity index (χ4v) is 10.2. The third-order valence-corrected chi connectivity index (χ3v) is 14.6. The molecule has 7 N–H and O–H groups in total. The number of aliphatic hydroxyl groups is 1. The van der Waals surface area contributed by atoms with Crippen molar-refractivity contribution < 1.29 is 66.9 Å². The van der Waals surface area contributed by atoms with E-state index in [1.165, 1.54) is 29.8 Å². The normalized spacial score (nSPS) is 16.9. The molecule has 3 atom stereocenters. The molecule has 5 heterocycles. The van der Waals surface area contributed by atoms with Crippen LogP contribution in [0.15, 0.2) is 59.4 Å². The Balaban J connectivity index is 0.780. The Hall–Kier alpha value is -8.87. The lowest BCUT2D eigenvalue weighted by atomic mass is 9.81. The Morgan fingerprint density at radius 1 is 0.875 bits per heavy atom. The van der Waals surface area contributed by atoms with Gasteiger partial charge in [0.2, 0.25) is 29.5 Å². The van der Waals surface area contributed by atoms with Gasteiger partial charge in [-0.3, -0.25) is 48.1 Å². The van der Waals surface area contributed by atoms with Crippen LogP contribution in [0.5, 0.6) is 0 Å². The van der Waals surface area contributed by atoms with E-state index in [2.05, 4.69) is 31.9 Å². The van der Waals surface area contributed by atoms with E-state index < -0.39 is 103 Å². The van der Waals surface area contributed by atoms with Crippen LogP contribution in [0.4, 0.5) is 9.18 Å². The molecule has 0 bridgehead atoms. The van der Waals surface area contributed by atoms with Crippen molar-refractivity contribution in [2.45, 2.75) is 96.1 Å². The lowest BCUT2D eigenvalue weighted by molar-refractivity contribution is -0.172. The third-order valence-electron chi connectivity index (χ3n) is 14.6. The molecule has 0 fully saturated rings. The van der Waals surface area contributed by atoms with Crippen molar-refractivity contribution in [2.24, 2.45) is 0 Å². The Morgan fingerprint density at radius 2 is 1.57 bits per heavy atom. The highest BCUT2D eigenvalue weighted by atomic mass is 19.1. The summed E-state index contributed by atoms with van der Waals surface area (Å²) in [6.07, 6.45) is 3.83. The average Bonchev–Trinajstić information content (AvgIpc) is 4.10. The molecule has 0 spiro atoms. The van der Waals surface area contributed by atoms with Crippen molar-refractivity contribution in [2.75, 3.05) is 52.9 Å². The number of nitrogens with one attached hydrogen (secondary N) is 6. The number of aromatic nitrogens is 2. The van der Waals surface area contributed by atoms with Crippen molar-refractivity contribution >= 4 is 70.2 Å². The minimum Gasteiger partial charge on any atom is -0.458 e. The number of ether oxygens (including phenoxy) is 2. The van der Waals surface area contributed by atoms with Crippen molar-refractivity contribution in [3.05, 3.63) is 110 Å². The molecule has 3 aliphatic heterocycles. The second kappa shape index (κ2) is 24.9. The number of nitrogens with zero attached hydrogens (tertiary/aromatic N) is 4. The lowest BCUT2D eigenvalue weighted by Gasteiger charge is -2.31. The summed E-state index contributed by atoms with van der Waals surface area (Å²) in [4.78, 5) is 147. The number of esters is 1. The van der Waals surface area contributed by atoms with E-state index in [4.69, 9.17) is 14.5 Å². The molecule has 4 aliphatic rings. The molecule has 2 aromatic carbocycles. The van der Waals surface area contributed by atoms with Gasteiger partial charge in [-0.15, -0.1) is 0 Å². The lowest BCUT2D eigenvalue weighted by Crippen LogP contribution is -2.52. The molecule has 0 saturated carbocycles. The van der Waals surface area contributed by atoms with E-state index in [1.807, 2.05) is 0 Å². The predicted octanol–water partition coefficient (Wildman–Crippen LogP) is 0.377. The number of carbonyl (C=O) groups excluding carboxylic acids is 10. The number of benzene rings is 2. The van der Waals surface area contributed by atoms with Gasteiger partial charge in [-0.05, 0) is 67.3 Å². The van der Waals surface area contributed by atoms with Crippen LogP contribution in [0.1, 0.15) is 90.4 Å². The van der Waals surface area contributed by atoms with Crippen molar-refractivity contribution in [3.8, 4) is 11.4 Å².